The lowest BCUT2D eigenvalue weighted by Crippen LogP contribution is -2.36. The molecular formula is C16H25BrN2O. The lowest BCUT2D eigenvalue weighted by Gasteiger charge is -2.33. The summed E-state index contributed by atoms with van der Waals surface area (Å²) in [6, 6.07) is 6.70. The molecule has 1 heterocycles. The molecule has 0 amide bonds. The SMILES string of the molecule is CCCNCc1ccc(N2CCC(OC)CC2)c(Br)c1. The maximum atomic E-state index is 5.43. The smallest absolute Gasteiger partial charge is 0.0605 e. The van der Waals surface area contributed by atoms with E-state index in [1.165, 1.54) is 22.1 Å². The fraction of sp³-hybridized carbons (Fsp3) is 0.625. The second kappa shape index (κ2) is 8.01. The van der Waals surface area contributed by atoms with Gasteiger partial charge in [0.25, 0.3) is 0 Å². The van der Waals surface area contributed by atoms with Crippen molar-refractivity contribution in [3.05, 3.63) is 28.2 Å². The maximum absolute atomic E-state index is 5.43. The molecule has 0 spiro atoms. The lowest BCUT2D eigenvalue weighted by atomic mass is 10.1. The van der Waals surface area contributed by atoms with E-state index in [0.717, 1.165) is 39.0 Å². The van der Waals surface area contributed by atoms with Gasteiger partial charge in [-0.2, -0.15) is 0 Å². The van der Waals surface area contributed by atoms with E-state index in [0.29, 0.717) is 6.10 Å². The van der Waals surface area contributed by atoms with Gasteiger partial charge in [0, 0.05) is 31.2 Å². The molecule has 0 saturated carbocycles. The van der Waals surface area contributed by atoms with Gasteiger partial charge in [0.1, 0.15) is 0 Å². The molecule has 0 aliphatic carbocycles. The molecule has 0 radical (unpaired) electrons. The molecule has 1 fully saturated rings. The van der Waals surface area contributed by atoms with E-state index in [4.69, 9.17) is 4.74 Å². The molecule has 0 atom stereocenters. The van der Waals surface area contributed by atoms with E-state index in [-0.39, 0.29) is 0 Å². The minimum absolute atomic E-state index is 0.433. The van der Waals surface area contributed by atoms with Crippen molar-refractivity contribution in [1.82, 2.24) is 5.32 Å². The molecular weight excluding hydrogens is 316 g/mol. The third-order valence-corrected chi connectivity index (χ3v) is 4.52. The van der Waals surface area contributed by atoms with Crippen molar-refractivity contribution < 1.29 is 4.74 Å². The number of hydrogen-bond acceptors (Lipinski definition) is 3. The quantitative estimate of drug-likeness (QED) is 0.801. The van der Waals surface area contributed by atoms with Crippen LogP contribution in [0, 0.1) is 0 Å². The Morgan fingerprint density at radius 3 is 2.70 bits per heavy atom. The molecule has 1 aromatic rings. The first-order valence-corrected chi connectivity index (χ1v) is 8.30. The van der Waals surface area contributed by atoms with E-state index in [1.807, 2.05) is 7.11 Å². The first kappa shape index (κ1) is 15.8. The molecule has 112 valence electrons. The number of anilines is 1. The van der Waals surface area contributed by atoms with E-state index in [1.54, 1.807) is 0 Å². The molecule has 4 heteroatoms. The Hall–Kier alpha value is -0.580. The zero-order valence-electron chi connectivity index (χ0n) is 12.5. The van der Waals surface area contributed by atoms with E-state index in [9.17, 15) is 0 Å². The fourth-order valence-electron chi connectivity index (χ4n) is 2.66. The third kappa shape index (κ3) is 4.21. The number of nitrogens with one attached hydrogen (secondary N) is 1. The van der Waals surface area contributed by atoms with Crippen LogP contribution in [0.3, 0.4) is 0 Å². The zero-order chi connectivity index (χ0) is 14.4. The Bertz CT molecular complexity index is 417. The van der Waals surface area contributed by atoms with Crippen molar-refractivity contribution in [3.63, 3.8) is 0 Å². The second-order valence-corrected chi connectivity index (χ2v) is 6.24. The standard InChI is InChI=1S/C16H25BrN2O/c1-3-8-18-12-13-4-5-16(15(17)11-13)19-9-6-14(20-2)7-10-19/h4-5,11,14,18H,3,6-10,12H2,1-2H3. The third-order valence-electron chi connectivity index (χ3n) is 3.88. The largest absolute Gasteiger partial charge is 0.381 e. The van der Waals surface area contributed by atoms with Gasteiger partial charge in [0.05, 0.1) is 11.8 Å². The van der Waals surface area contributed by atoms with Gasteiger partial charge >= 0.3 is 0 Å². The summed E-state index contributed by atoms with van der Waals surface area (Å²) in [5, 5.41) is 3.44. The number of halogens is 1. The van der Waals surface area contributed by atoms with Gasteiger partial charge in [-0.1, -0.05) is 13.0 Å². The predicted octanol–water partition coefficient (Wildman–Crippen LogP) is 3.56. The molecule has 1 aromatic carbocycles. The van der Waals surface area contributed by atoms with Crippen LogP contribution in [0.4, 0.5) is 5.69 Å². The van der Waals surface area contributed by atoms with Gasteiger partial charge in [0.2, 0.25) is 0 Å². The molecule has 1 N–H and O–H groups in total. The summed E-state index contributed by atoms with van der Waals surface area (Å²) in [6.45, 7) is 6.35. The number of hydrogen-bond donors (Lipinski definition) is 1. The van der Waals surface area contributed by atoms with Crippen molar-refractivity contribution in [3.8, 4) is 0 Å². The fourth-order valence-corrected chi connectivity index (χ4v) is 3.34. The first-order valence-electron chi connectivity index (χ1n) is 7.51. The van der Waals surface area contributed by atoms with Crippen LogP contribution in [0.1, 0.15) is 31.7 Å². The monoisotopic (exact) mass is 340 g/mol. The number of methoxy groups -OCH3 is 1. The molecule has 1 saturated heterocycles. The topological polar surface area (TPSA) is 24.5 Å². The Kier molecular flexibility index (Phi) is 6.33. The summed E-state index contributed by atoms with van der Waals surface area (Å²) < 4.78 is 6.63. The summed E-state index contributed by atoms with van der Waals surface area (Å²) in [4.78, 5) is 2.45. The number of benzene rings is 1. The summed E-state index contributed by atoms with van der Waals surface area (Å²) >= 11 is 3.72. The summed E-state index contributed by atoms with van der Waals surface area (Å²) in [5.41, 5.74) is 2.64. The number of ether oxygens (including phenoxy) is 1. The maximum Gasteiger partial charge on any atom is 0.0605 e. The Balaban J connectivity index is 1.95. The Morgan fingerprint density at radius 2 is 2.10 bits per heavy atom. The summed E-state index contributed by atoms with van der Waals surface area (Å²) in [6.07, 6.45) is 3.83. The van der Waals surface area contributed by atoms with Crippen LogP contribution in [0.2, 0.25) is 0 Å². The van der Waals surface area contributed by atoms with Crippen LogP contribution in [-0.2, 0) is 11.3 Å². The summed E-state index contributed by atoms with van der Waals surface area (Å²) in [5.74, 6) is 0. The predicted molar refractivity (Wildman–Crippen MR) is 88.4 cm³/mol. The highest BCUT2D eigenvalue weighted by Crippen LogP contribution is 2.30. The minimum Gasteiger partial charge on any atom is -0.381 e. The first-order chi connectivity index (χ1) is 9.74. The van der Waals surface area contributed by atoms with Gasteiger partial charge in [-0.15, -0.1) is 0 Å². The molecule has 0 aromatic heterocycles. The van der Waals surface area contributed by atoms with Crippen molar-refractivity contribution in [2.24, 2.45) is 0 Å². The molecule has 3 nitrogen and oxygen atoms in total. The average molecular weight is 341 g/mol. The van der Waals surface area contributed by atoms with E-state index >= 15 is 0 Å². The van der Waals surface area contributed by atoms with Crippen molar-refractivity contribution >= 4 is 21.6 Å². The molecule has 0 bridgehead atoms. The number of rotatable bonds is 6. The number of piperidine rings is 1. The molecule has 1 aliphatic rings. The van der Waals surface area contributed by atoms with Crippen molar-refractivity contribution in [2.45, 2.75) is 38.8 Å². The van der Waals surface area contributed by atoms with E-state index < -0.39 is 0 Å². The molecule has 0 unspecified atom stereocenters. The van der Waals surface area contributed by atoms with Crippen molar-refractivity contribution in [1.29, 1.82) is 0 Å². The van der Waals surface area contributed by atoms with E-state index in [2.05, 4.69) is 51.3 Å². The highest BCUT2D eigenvalue weighted by Gasteiger charge is 2.20. The average Bonchev–Trinajstić information content (AvgIpc) is 2.48. The van der Waals surface area contributed by atoms with Crippen LogP contribution < -0.4 is 10.2 Å². The number of nitrogens with zero attached hydrogens (tertiary/aromatic N) is 1. The minimum atomic E-state index is 0.433. The van der Waals surface area contributed by atoms with Crippen LogP contribution >= 0.6 is 15.9 Å². The van der Waals surface area contributed by atoms with Gasteiger partial charge < -0.3 is 15.0 Å². The molecule has 2 rings (SSSR count). The van der Waals surface area contributed by atoms with Crippen LogP contribution in [-0.4, -0.2) is 32.8 Å². The lowest BCUT2D eigenvalue weighted by molar-refractivity contribution is 0.0819. The van der Waals surface area contributed by atoms with Crippen molar-refractivity contribution in [2.75, 3.05) is 31.6 Å². The molecule has 20 heavy (non-hydrogen) atoms. The van der Waals surface area contributed by atoms with Crippen LogP contribution in [0.25, 0.3) is 0 Å². The molecule has 1 aliphatic heterocycles. The van der Waals surface area contributed by atoms with Gasteiger partial charge in [-0.05, 0) is 59.4 Å². The Labute approximate surface area is 130 Å². The van der Waals surface area contributed by atoms with Crippen LogP contribution in [0.15, 0.2) is 22.7 Å². The summed E-state index contributed by atoms with van der Waals surface area (Å²) in [7, 11) is 1.81. The zero-order valence-corrected chi connectivity index (χ0v) is 14.1. The van der Waals surface area contributed by atoms with Crippen LogP contribution in [0.5, 0.6) is 0 Å². The highest BCUT2D eigenvalue weighted by molar-refractivity contribution is 9.10. The highest BCUT2D eigenvalue weighted by atomic mass is 79.9. The van der Waals surface area contributed by atoms with Gasteiger partial charge in [-0.25, -0.2) is 0 Å². The van der Waals surface area contributed by atoms with Gasteiger partial charge in [-0.3, -0.25) is 0 Å². The Morgan fingerprint density at radius 1 is 1.35 bits per heavy atom. The second-order valence-electron chi connectivity index (χ2n) is 5.38. The van der Waals surface area contributed by atoms with Gasteiger partial charge in [0.15, 0.2) is 0 Å². The normalized spacial score (nSPS) is 16.6.